The van der Waals surface area contributed by atoms with E-state index in [1.54, 1.807) is 4.90 Å². The molecule has 4 aliphatic rings. The summed E-state index contributed by atoms with van der Waals surface area (Å²) < 4.78 is 0. The molecule has 1 N–H and O–H groups in total. The Labute approximate surface area is 227 Å². The van der Waals surface area contributed by atoms with Gasteiger partial charge in [-0.1, -0.05) is 71.6 Å². The summed E-state index contributed by atoms with van der Waals surface area (Å²) in [6.45, 7) is 4.95. The van der Waals surface area contributed by atoms with Gasteiger partial charge < -0.3 is 10.0 Å². The van der Waals surface area contributed by atoms with Crippen LogP contribution in [0, 0.1) is 40.4 Å². The van der Waals surface area contributed by atoms with E-state index in [0.717, 1.165) is 49.9 Å². The maximum absolute atomic E-state index is 12.5. The highest BCUT2D eigenvalue weighted by molar-refractivity contribution is 5.79. The number of carbonyl (C=O) groups excluding carboxylic acids is 2. The van der Waals surface area contributed by atoms with E-state index >= 15 is 0 Å². The fraction of sp³-hybridized carbons (Fsp3) is 0.939. The third-order valence-electron chi connectivity index (χ3n) is 12.1. The number of unbranched alkanes of at least 4 members (excludes halogenated alkanes) is 8. The summed E-state index contributed by atoms with van der Waals surface area (Å²) in [6.07, 6.45) is 22.1. The highest BCUT2D eigenvalue weighted by atomic mass is 16.3. The van der Waals surface area contributed by atoms with Gasteiger partial charge in [0.1, 0.15) is 5.78 Å². The number of fused-ring (bicyclic) bond motifs is 5. The van der Waals surface area contributed by atoms with E-state index in [4.69, 9.17) is 0 Å². The van der Waals surface area contributed by atoms with Crippen LogP contribution in [0.15, 0.2) is 0 Å². The van der Waals surface area contributed by atoms with Crippen molar-refractivity contribution < 1.29 is 14.7 Å². The molecule has 8 atom stereocenters. The molecule has 0 bridgehead atoms. The van der Waals surface area contributed by atoms with E-state index in [9.17, 15) is 14.7 Å². The van der Waals surface area contributed by atoms with Crippen LogP contribution in [0.5, 0.6) is 0 Å². The number of aliphatic hydroxyl groups is 1. The topological polar surface area (TPSA) is 57.6 Å². The van der Waals surface area contributed by atoms with Crippen molar-refractivity contribution in [3.63, 3.8) is 0 Å². The summed E-state index contributed by atoms with van der Waals surface area (Å²) >= 11 is 0. The lowest BCUT2D eigenvalue weighted by molar-refractivity contribution is -0.156. The Morgan fingerprint density at radius 1 is 0.865 bits per heavy atom. The molecule has 4 fully saturated rings. The minimum absolute atomic E-state index is 0.106. The van der Waals surface area contributed by atoms with Gasteiger partial charge in [-0.05, 0) is 85.4 Å². The first-order valence-corrected chi connectivity index (χ1v) is 16.1. The van der Waals surface area contributed by atoms with E-state index in [1.165, 1.54) is 83.5 Å². The first-order chi connectivity index (χ1) is 17.7. The normalized spacial score (nSPS) is 39.1. The first-order valence-electron chi connectivity index (χ1n) is 16.1. The van der Waals surface area contributed by atoms with Crippen molar-refractivity contribution in [2.24, 2.45) is 40.4 Å². The van der Waals surface area contributed by atoms with Gasteiger partial charge in [0.25, 0.3) is 0 Å². The Balaban J connectivity index is 1.23. The maximum atomic E-state index is 12.5. The zero-order valence-electron chi connectivity index (χ0n) is 24.6. The van der Waals surface area contributed by atoms with E-state index in [1.807, 2.05) is 14.1 Å². The standard InChI is InChI=1S/C33H57NO3/c1-32-20-18-26(35)23-25(32)22-24(31-27-16-17-29(36)33(27,2)21-19-28(31)32)14-12-10-8-6-5-7-9-11-13-15-30(37)34(3)4/h24-25,27-29,31,36H,5-23H2,1-4H3/t24-,25+,27+,28+,29+,31+,32+,33+/m1/s1. The van der Waals surface area contributed by atoms with Crippen LogP contribution in [0.3, 0.4) is 0 Å². The second kappa shape index (κ2) is 12.5. The number of hydrogen-bond acceptors (Lipinski definition) is 3. The lowest BCUT2D eigenvalue weighted by Crippen LogP contribution is -2.57. The Bertz CT molecular complexity index is 780. The van der Waals surface area contributed by atoms with Gasteiger partial charge in [-0.15, -0.1) is 0 Å². The quantitative estimate of drug-likeness (QED) is 0.273. The van der Waals surface area contributed by atoms with Crippen LogP contribution >= 0.6 is 0 Å². The lowest BCUT2D eigenvalue weighted by Gasteiger charge is -2.62. The molecule has 0 radical (unpaired) electrons. The van der Waals surface area contributed by atoms with Crippen LogP contribution in [0.2, 0.25) is 0 Å². The molecule has 0 unspecified atom stereocenters. The molecule has 37 heavy (non-hydrogen) atoms. The molecule has 0 saturated heterocycles. The highest BCUT2D eigenvalue weighted by Crippen LogP contribution is 2.67. The molecule has 0 aromatic rings. The Hall–Kier alpha value is -0.900. The van der Waals surface area contributed by atoms with Gasteiger partial charge in [-0.2, -0.15) is 0 Å². The van der Waals surface area contributed by atoms with Crippen LogP contribution in [0.4, 0.5) is 0 Å². The van der Waals surface area contributed by atoms with Crippen molar-refractivity contribution in [2.45, 2.75) is 142 Å². The Morgan fingerprint density at radius 3 is 2.16 bits per heavy atom. The van der Waals surface area contributed by atoms with E-state index < -0.39 is 0 Å². The van der Waals surface area contributed by atoms with Crippen LogP contribution in [0.25, 0.3) is 0 Å². The summed E-state index contributed by atoms with van der Waals surface area (Å²) in [5.74, 6) is 4.35. The number of amides is 1. The summed E-state index contributed by atoms with van der Waals surface area (Å²) in [5.41, 5.74) is 0.483. The van der Waals surface area contributed by atoms with Crippen molar-refractivity contribution in [1.82, 2.24) is 4.90 Å². The molecule has 4 rings (SSSR count). The molecule has 0 aromatic carbocycles. The van der Waals surface area contributed by atoms with Crippen molar-refractivity contribution in [2.75, 3.05) is 14.1 Å². The van der Waals surface area contributed by atoms with Gasteiger partial charge in [0, 0.05) is 33.4 Å². The molecule has 0 aromatic heterocycles. The number of hydrogen-bond donors (Lipinski definition) is 1. The van der Waals surface area contributed by atoms with Crippen LogP contribution in [0.1, 0.15) is 136 Å². The molecule has 0 spiro atoms. The summed E-state index contributed by atoms with van der Waals surface area (Å²) in [5, 5.41) is 10.9. The largest absolute Gasteiger partial charge is 0.393 e. The van der Waals surface area contributed by atoms with Gasteiger partial charge in [-0.25, -0.2) is 0 Å². The highest BCUT2D eigenvalue weighted by Gasteiger charge is 2.62. The third-order valence-corrected chi connectivity index (χ3v) is 12.1. The molecule has 0 aliphatic heterocycles. The first kappa shape index (κ1) is 29.1. The molecule has 0 heterocycles. The second-order valence-corrected chi connectivity index (χ2v) is 14.4. The average Bonchev–Trinajstić information content (AvgIpc) is 3.17. The molecular weight excluding hydrogens is 458 g/mol. The number of Topliss-reactive ketones (excluding diaryl/α,β-unsaturated/α-hetero) is 1. The minimum atomic E-state index is -0.106. The summed E-state index contributed by atoms with van der Waals surface area (Å²) in [6, 6.07) is 0. The lowest BCUT2D eigenvalue weighted by atomic mass is 9.42. The molecule has 4 aliphatic carbocycles. The van der Waals surface area contributed by atoms with Gasteiger partial charge in [0.05, 0.1) is 6.10 Å². The Morgan fingerprint density at radius 2 is 1.49 bits per heavy atom. The zero-order valence-corrected chi connectivity index (χ0v) is 24.6. The van der Waals surface area contributed by atoms with Crippen molar-refractivity contribution in [3.05, 3.63) is 0 Å². The van der Waals surface area contributed by atoms with Crippen LogP contribution in [-0.4, -0.2) is 41.9 Å². The summed E-state index contributed by atoms with van der Waals surface area (Å²) in [4.78, 5) is 25.8. The number of carbonyl (C=O) groups is 2. The van der Waals surface area contributed by atoms with Crippen molar-refractivity contribution >= 4 is 11.7 Å². The second-order valence-electron chi connectivity index (χ2n) is 14.4. The third kappa shape index (κ3) is 6.30. The van der Waals surface area contributed by atoms with E-state index in [-0.39, 0.29) is 17.4 Å². The summed E-state index contributed by atoms with van der Waals surface area (Å²) in [7, 11) is 3.68. The van der Waals surface area contributed by atoms with Crippen LogP contribution < -0.4 is 0 Å². The molecular formula is C33H57NO3. The van der Waals surface area contributed by atoms with Gasteiger partial charge in [0.2, 0.25) is 5.91 Å². The van der Waals surface area contributed by atoms with E-state index in [0.29, 0.717) is 29.5 Å². The SMILES string of the molecule is CN(C)C(=O)CCCCCCCCCCC[C@@H]1C[C@H]2CC(=O)CC[C@]2(C)[C@H]2CC[C@]3(C)[C@@H](O)CC[C@H]3[C@H]12. The minimum Gasteiger partial charge on any atom is -0.393 e. The molecule has 4 nitrogen and oxygen atoms in total. The van der Waals surface area contributed by atoms with Gasteiger partial charge in [0.15, 0.2) is 0 Å². The zero-order chi connectivity index (χ0) is 26.6. The number of aliphatic hydroxyl groups excluding tert-OH is 1. The van der Waals surface area contributed by atoms with Crippen molar-refractivity contribution in [3.8, 4) is 0 Å². The average molecular weight is 516 g/mol. The fourth-order valence-electron chi connectivity index (χ4n) is 9.63. The number of ketones is 1. The van der Waals surface area contributed by atoms with E-state index in [2.05, 4.69) is 13.8 Å². The predicted molar refractivity (Wildman–Crippen MR) is 151 cm³/mol. The van der Waals surface area contributed by atoms with Gasteiger partial charge in [-0.3, -0.25) is 9.59 Å². The molecule has 1 amide bonds. The predicted octanol–water partition coefficient (Wildman–Crippen LogP) is 7.56. The smallest absolute Gasteiger partial charge is 0.222 e. The maximum Gasteiger partial charge on any atom is 0.222 e. The van der Waals surface area contributed by atoms with Crippen LogP contribution in [-0.2, 0) is 9.59 Å². The van der Waals surface area contributed by atoms with Crippen molar-refractivity contribution in [1.29, 1.82) is 0 Å². The monoisotopic (exact) mass is 515 g/mol. The number of nitrogens with zero attached hydrogens (tertiary/aromatic N) is 1. The fourth-order valence-corrected chi connectivity index (χ4v) is 9.63. The Kier molecular flexibility index (Phi) is 9.84. The number of rotatable bonds is 12. The molecule has 212 valence electrons. The molecule has 4 heteroatoms. The van der Waals surface area contributed by atoms with Gasteiger partial charge >= 0.3 is 0 Å². The molecule has 4 saturated carbocycles.